The first-order valence-electron chi connectivity index (χ1n) is 8.62. The van der Waals surface area contributed by atoms with Gasteiger partial charge in [0.2, 0.25) is 5.71 Å². The molecule has 8 nitrogen and oxygen atoms in total. The fraction of sp³-hybridized carbons (Fsp3) is 0.200. The van der Waals surface area contributed by atoms with E-state index in [0.717, 1.165) is 5.56 Å². The van der Waals surface area contributed by atoms with Crippen LogP contribution in [0.15, 0.2) is 40.8 Å². The lowest BCUT2D eigenvalue weighted by Gasteiger charge is -2.04. The van der Waals surface area contributed by atoms with Gasteiger partial charge in [-0.2, -0.15) is 4.98 Å². The van der Waals surface area contributed by atoms with Crippen LogP contribution in [-0.2, 0) is 20.9 Å². The number of nitrogen functional groups attached to an aromatic ring is 1. The second-order valence-electron chi connectivity index (χ2n) is 5.81. The molecule has 0 saturated carbocycles. The quantitative estimate of drug-likeness (QED) is 0.511. The van der Waals surface area contributed by atoms with Crippen molar-refractivity contribution in [2.24, 2.45) is 0 Å². The van der Waals surface area contributed by atoms with E-state index in [-0.39, 0.29) is 41.5 Å². The molecule has 0 aliphatic heterocycles. The molecule has 0 amide bonds. The average molecular weight is 381 g/mol. The highest BCUT2D eigenvalue weighted by Crippen LogP contribution is 2.29. The maximum atomic E-state index is 12.1. The van der Waals surface area contributed by atoms with Gasteiger partial charge in [0, 0.05) is 6.08 Å². The minimum Gasteiger partial charge on any atom is -0.462 e. The van der Waals surface area contributed by atoms with E-state index in [1.807, 2.05) is 30.3 Å². The molecule has 3 rings (SSSR count). The van der Waals surface area contributed by atoms with Gasteiger partial charge in [0.05, 0.1) is 12.0 Å². The molecule has 0 atom stereocenters. The first-order chi connectivity index (χ1) is 13.5. The number of aromatic nitrogens is 2. The van der Waals surface area contributed by atoms with Crippen LogP contribution in [0.1, 0.15) is 34.4 Å². The summed E-state index contributed by atoms with van der Waals surface area (Å²) in [6, 6.07) is 9.35. The first-order valence-corrected chi connectivity index (χ1v) is 8.62. The third-order valence-corrected chi connectivity index (χ3v) is 3.84. The van der Waals surface area contributed by atoms with E-state index < -0.39 is 11.9 Å². The number of esters is 2. The van der Waals surface area contributed by atoms with Gasteiger partial charge < -0.3 is 19.6 Å². The summed E-state index contributed by atoms with van der Waals surface area (Å²) in [5.74, 6) is -0.561. The number of rotatable bonds is 6. The molecule has 8 heteroatoms. The lowest BCUT2D eigenvalue weighted by molar-refractivity contribution is -0.139. The molecule has 1 aromatic carbocycles. The summed E-state index contributed by atoms with van der Waals surface area (Å²) in [5.41, 5.74) is 7.18. The lowest BCUT2D eigenvalue weighted by atomic mass is 10.2. The first kappa shape index (κ1) is 19.1. The van der Waals surface area contributed by atoms with E-state index in [2.05, 4.69) is 9.97 Å². The van der Waals surface area contributed by atoms with Crippen LogP contribution in [0.5, 0.6) is 0 Å². The summed E-state index contributed by atoms with van der Waals surface area (Å²) in [7, 11) is 0. The third-order valence-electron chi connectivity index (χ3n) is 3.84. The molecule has 0 radical (unpaired) electrons. The molecular weight excluding hydrogens is 362 g/mol. The maximum absolute atomic E-state index is 12.1. The number of nitrogens with zero attached hydrogens (tertiary/aromatic N) is 2. The standard InChI is InChI=1S/C20H19N3O5/c1-3-26-20(25)16-12(2)28-19-17(16)18(21)22-14(23-19)11-27-15(24)10-9-13-7-5-4-6-8-13/h4-10H,3,11H2,1-2H3,(H2,21,22,23)/b10-9+. The number of carbonyl (C=O) groups is 2. The number of hydrogen-bond acceptors (Lipinski definition) is 8. The fourth-order valence-corrected chi connectivity index (χ4v) is 2.61. The van der Waals surface area contributed by atoms with Crippen molar-refractivity contribution >= 4 is 34.9 Å². The van der Waals surface area contributed by atoms with Gasteiger partial charge in [-0.1, -0.05) is 30.3 Å². The molecule has 0 unspecified atom stereocenters. The largest absolute Gasteiger partial charge is 0.462 e. The molecule has 28 heavy (non-hydrogen) atoms. The number of carbonyl (C=O) groups excluding carboxylic acids is 2. The van der Waals surface area contributed by atoms with Gasteiger partial charge in [-0.15, -0.1) is 0 Å². The summed E-state index contributed by atoms with van der Waals surface area (Å²) in [4.78, 5) is 32.3. The van der Waals surface area contributed by atoms with Gasteiger partial charge in [-0.25, -0.2) is 14.6 Å². The predicted octanol–water partition coefficient (Wildman–Crippen LogP) is 3.05. The fourth-order valence-electron chi connectivity index (χ4n) is 2.61. The van der Waals surface area contributed by atoms with Gasteiger partial charge >= 0.3 is 11.9 Å². The molecule has 0 fully saturated rings. The van der Waals surface area contributed by atoms with Gasteiger partial charge in [-0.3, -0.25) is 0 Å². The van der Waals surface area contributed by atoms with Gasteiger partial charge in [-0.05, 0) is 25.5 Å². The molecule has 0 bridgehead atoms. The van der Waals surface area contributed by atoms with E-state index in [0.29, 0.717) is 5.76 Å². The van der Waals surface area contributed by atoms with Crippen molar-refractivity contribution in [3.05, 3.63) is 59.1 Å². The molecule has 3 aromatic rings. The predicted molar refractivity (Wildman–Crippen MR) is 102 cm³/mol. The Morgan fingerprint density at radius 3 is 2.64 bits per heavy atom. The Morgan fingerprint density at radius 1 is 1.18 bits per heavy atom. The lowest BCUT2D eigenvalue weighted by Crippen LogP contribution is -2.09. The van der Waals surface area contributed by atoms with Crippen LogP contribution in [0.2, 0.25) is 0 Å². The van der Waals surface area contributed by atoms with E-state index in [4.69, 9.17) is 19.6 Å². The van der Waals surface area contributed by atoms with Crippen molar-refractivity contribution in [1.29, 1.82) is 0 Å². The highest BCUT2D eigenvalue weighted by molar-refractivity contribution is 6.07. The van der Waals surface area contributed by atoms with Crippen molar-refractivity contribution in [3.63, 3.8) is 0 Å². The Hall–Kier alpha value is -3.68. The molecule has 144 valence electrons. The summed E-state index contributed by atoms with van der Waals surface area (Å²) in [6.45, 7) is 3.35. The summed E-state index contributed by atoms with van der Waals surface area (Å²) in [6.07, 6.45) is 2.95. The molecule has 0 aliphatic rings. The molecule has 2 N–H and O–H groups in total. The third kappa shape index (κ3) is 4.17. The Morgan fingerprint density at radius 2 is 1.93 bits per heavy atom. The van der Waals surface area contributed by atoms with Crippen LogP contribution in [0.3, 0.4) is 0 Å². The number of anilines is 1. The van der Waals surface area contributed by atoms with E-state index in [9.17, 15) is 9.59 Å². The molecular formula is C20H19N3O5. The van der Waals surface area contributed by atoms with Crippen molar-refractivity contribution < 1.29 is 23.5 Å². The smallest absolute Gasteiger partial charge is 0.342 e. The average Bonchev–Trinajstić information content (AvgIpc) is 3.02. The summed E-state index contributed by atoms with van der Waals surface area (Å²) >= 11 is 0. The number of fused-ring (bicyclic) bond motifs is 1. The van der Waals surface area contributed by atoms with Crippen LogP contribution in [0, 0.1) is 6.92 Å². The number of nitrogens with two attached hydrogens (primary N) is 1. The minimum atomic E-state index is -0.556. The zero-order valence-electron chi connectivity index (χ0n) is 15.5. The molecule has 2 heterocycles. The number of ether oxygens (including phenoxy) is 2. The number of furan rings is 1. The van der Waals surface area contributed by atoms with Crippen molar-refractivity contribution in [1.82, 2.24) is 9.97 Å². The molecule has 0 saturated heterocycles. The Bertz CT molecular complexity index is 1040. The van der Waals surface area contributed by atoms with E-state index >= 15 is 0 Å². The second-order valence-corrected chi connectivity index (χ2v) is 5.81. The van der Waals surface area contributed by atoms with Crippen molar-refractivity contribution in [2.45, 2.75) is 20.5 Å². The van der Waals surface area contributed by atoms with Crippen LogP contribution < -0.4 is 5.73 Å². The van der Waals surface area contributed by atoms with Crippen LogP contribution in [0.4, 0.5) is 5.82 Å². The SMILES string of the molecule is CCOC(=O)c1c(C)oc2nc(COC(=O)/C=C/c3ccccc3)nc(N)c12. The zero-order valence-corrected chi connectivity index (χ0v) is 15.5. The van der Waals surface area contributed by atoms with Crippen molar-refractivity contribution in [2.75, 3.05) is 12.3 Å². The molecule has 0 spiro atoms. The monoisotopic (exact) mass is 381 g/mol. The van der Waals surface area contributed by atoms with Crippen LogP contribution >= 0.6 is 0 Å². The van der Waals surface area contributed by atoms with E-state index in [1.54, 1.807) is 19.9 Å². The highest BCUT2D eigenvalue weighted by atomic mass is 16.5. The number of aryl methyl sites for hydroxylation is 1. The van der Waals surface area contributed by atoms with Crippen LogP contribution in [-0.4, -0.2) is 28.5 Å². The summed E-state index contributed by atoms with van der Waals surface area (Å²) < 4.78 is 15.7. The van der Waals surface area contributed by atoms with Crippen LogP contribution in [0.25, 0.3) is 17.2 Å². The Kier molecular flexibility index (Phi) is 5.69. The van der Waals surface area contributed by atoms with Gasteiger partial charge in [0.15, 0.2) is 12.4 Å². The molecule has 0 aliphatic carbocycles. The number of hydrogen-bond donors (Lipinski definition) is 1. The minimum absolute atomic E-state index is 0.0516. The van der Waals surface area contributed by atoms with Crippen molar-refractivity contribution in [3.8, 4) is 0 Å². The highest BCUT2D eigenvalue weighted by Gasteiger charge is 2.24. The maximum Gasteiger partial charge on any atom is 0.342 e. The normalized spacial score (nSPS) is 11.1. The Balaban J connectivity index is 1.75. The van der Waals surface area contributed by atoms with Gasteiger partial charge in [0.25, 0.3) is 0 Å². The number of benzene rings is 1. The second kappa shape index (κ2) is 8.34. The van der Waals surface area contributed by atoms with E-state index in [1.165, 1.54) is 6.08 Å². The molecule has 2 aromatic heterocycles. The topological polar surface area (TPSA) is 118 Å². The zero-order chi connectivity index (χ0) is 20.1. The van der Waals surface area contributed by atoms with Gasteiger partial charge in [0.1, 0.15) is 17.1 Å². The summed E-state index contributed by atoms with van der Waals surface area (Å²) in [5, 5.41) is 0.287. The Labute approximate surface area is 161 Å².